The first kappa shape index (κ1) is 12.1. The molecule has 0 saturated carbocycles. The summed E-state index contributed by atoms with van der Waals surface area (Å²) >= 11 is 1.41. The van der Waals surface area contributed by atoms with Gasteiger partial charge in [0.2, 0.25) is 0 Å². The molecule has 1 amide bonds. The quantitative estimate of drug-likeness (QED) is 0.863. The van der Waals surface area contributed by atoms with Gasteiger partial charge < -0.3 is 4.74 Å². The Morgan fingerprint density at radius 3 is 2.73 bits per heavy atom. The van der Waals surface area contributed by atoms with E-state index in [0.29, 0.717) is 5.13 Å². The monoisotopic (exact) mass is 228 g/mol. The maximum Gasteiger partial charge on any atom is 0.252 e. The van der Waals surface area contributed by atoms with Gasteiger partial charge in [-0.25, -0.2) is 4.98 Å². The van der Waals surface area contributed by atoms with Crippen LogP contribution in [0.2, 0.25) is 0 Å². The Kier molecular flexibility index (Phi) is 3.82. The highest BCUT2D eigenvalue weighted by atomic mass is 32.1. The molecular weight excluding hydrogens is 212 g/mol. The Hall–Kier alpha value is -0.940. The summed E-state index contributed by atoms with van der Waals surface area (Å²) < 4.78 is 5.33. The Balaban J connectivity index is 2.37. The molecule has 0 aliphatic heterocycles. The summed E-state index contributed by atoms with van der Waals surface area (Å²) in [5.74, 6) is -0.167. The molecule has 0 spiro atoms. The number of rotatable bonds is 3. The Bertz CT molecular complexity index is 341. The lowest BCUT2D eigenvalue weighted by Gasteiger charge is -2.18. The maximum atomic E-state index is 11.4. The normalized spacial score (nSPS) is 11.5. The van der Waals surface area contributed by atoms with Crippen LogP contribution in [0.25, 0.3) is 0 Å². The van der Waals surface area contributed by atoms with Gasteiger partial charge in [0.25, 0.3) is 5.91 Å². The van der Waals surface area contributed by atoms with Crippen LogP contribution in [0, 0.1) is 6.92 Å². The second kappa shape index (κ2) is 4.72. The number of nitrogens with zero attached hydrogens (tertiary/aromatic N) is 1. The molecule has 84 valence electrons. The lowest BCUT2D eigenvalue weighted by molar-refractivity contribution is -0.125. The van der Waals surface area contributed by atoms with Crippen LogP contribution in [0.15, 0.2) is 5.38 Å². The summed E-state index contributed by atoms with van der Waals surface area (Å²) in [4.78, 5) is 15.5. The average molecular weight is 228 g/mol. The second-order valence-electron chi connectivity index (χ2n) is 4.24. The maximum absolute atomic E-state index is 11.4. The van der Waals surface area contributed by atoms with Gasteiger partial charge in [0.05, 0.1) is 11.3 Å². The Morgan fingerprint density at radius 2 is 2.27 bits per heavy atom. The van der Waals surface area contributed by atoms with E-state index in [1.54, 1.807) is 0 Å². The summed E-state index contributed by atoms with van der Waals surface area (Å²) in [6.45, 7) is 7.68. The molecule has 0 aliphatic carbocycles. The van der Waals surface area contributed by atoms with Gasteiger partial charge in [-0.1, -0.05) is 0 Å². The third kappa shape index (κ3) is 4.90. The molecule has 0 saturated heterocycles. The molecule has 0 fully saturated rings. The number of hydrogen-bond acceptors (Lipinski definition) is 4. The lowest BCUT2D eigenvalue weighted by Crippen LogP contribution is -2.27. The van der Waals surface area contributed by atoms with Gasteiger partial charge in [-0.05, 0) is 27.7 Å². The molecule has 1 N–H and O–H groups in total. The van der Waals surface area contributed by atoms with Crippen LogP contribution in [0.5, 0.6) is 0 Å². The number of nitrogens with one attached hydrogen (secondary N) is 1. The van der Waals surface area contributed by atoms with E-state index in [1.807, 2.05) is 33.1 Å². The van der Waals surface area contributed by atoms with E-state index in [1.165, 1.54) is 11.3 Å². The van der Waals surface area contributed by atoms with Crippen LogP contribution in [0.4, 0.5) is 5.13 Å². The minimum absolute atomic E-state index is 0.0577. The molecule has 0 atom stereocenters. The first-order chi connectivity index (χ1) is 6.87. The molecule has 0 radical (unpaired) electrons. The minimum atomic E-state index is -0.296. The summed E-state index contributed by atoms with van der Waals surface area (Å²) in [6, 6.07) is 0. The standard InChI is InChI=1S/C10H16N2O2S/c1-7-6-15-9(11-7)12-8(13)5-14-10(2,3)4/h6H,5H2,1-4H3,(H,11,12,13). The molecule has 0 aromatic carbocycles. The molecule has 0 bridgehead atoms. The predicted octanol–water partition coefficient (Wildman–Crippen LogP) is 2.21. The number of carbonyl (C=O) groups excluding carboxylic acids is 1. The number of aromatic nitrogens is 1. The topological polar surface area (TPSA) is 51.2 Å². The highest BCUT2D eigenvalue weighted by Crippen LogP contribution is 2.14. The van der Waals surface area contributed by atoms with Crippen LogP contribution >= 0.6 is 11.3 Å². The fraction of sp³-hybridized carbons (Fsp3) is 0.600. The zero-order chi connectivity index (χ0) is 11.5. The molecule has 5 heteroatoms. The van der Waals surface area contributed by atoms with E-state index >= 15 is 0 Å². The molecular formula is C10H16N2O2S. The van der Waals surface area contributed by atoms with Crippen LogP contribution in [-0.2, 0) is 9.53 Å². The van der Waals surface area contributed by atoms with Gasteiger partial charge >= 0.3 is 0 Å². The van der Waals surface area contributed by atoms with Crippen molar-refractivity contribution in [3.8, 4) is 0 Å². The van der Waals surface area contributed by atoms with Crippen LogP contribution in [0.1, 0.15) is 26.5 Å². The Labute approximate surface area is 93.7 Å². The minimum Gasteiger partial charge on any atom is -0.366 e. The number of anilines is 1. The van der Waals surface area contributed by atoms with Gasteiger partial charge in [0.1, 0.15) is 6.61 Å². The van der Waals surface area contributed by atoms with E-state index in [2.05, 4.69) is 10.3 Å². The fourth-order valence-corrected chi connectivity index (χ4v) is 1.55. The van der Waals surface area contributed by atoms with Crippen molar-refractivity contribution in [2.75, 3.05) is 11.9 Å². The Morgan fingerprint density at radius 1 is 1.60 bits per heavy atom. The average Bonchev–Trinajstić information content (AvgIpc) is 2.47. The van der Waals surface area contributed by atoms with Crippen LogP contribution in [0.3, 0.4) is 0 Å². The van der Waals surface area contributed by atoms with Gasteiger partial charge in [-0.3, -0.25) is 10.1 Å². The van der Waals surface area contributed by atoms with E-state index in [0.717, 1.165) is 5.69 Å². The molecule has 4 nitrogen and oxygen atoms in total. The van der Waals surface area contributed by atoms with Gasteiger partial charge in [-0.15, -0.1) is 11.3 Å². The highest BCUT2D eigenvalue weighted by molar-refractivity contribution is 7.13. The number of ether oxygens (including phenoxy) is 1. The zero-order valence-electron chi connectivity index (χ0n) is 9.46. The number of aryl methyl sites for hydroxylation is 1. The van der Waals surface area contributed by atoms with Crippen molar-refractivity contribution in [1.82, 2.24) is 4.98 Å². The van der Waals surface area contributed by atoms with Crippen molar-refractivity contribution in [2.45, 2.75) is 33.3 Å². The summed E-state index contributed by atoms with van der Waals surface area (Å²) in [5.41, 5.74) is 0.614. The van der Waals surface area contributed by atoms with E-state index in [-0.39, 0.29) is 18.1 Å². The second-order valence-corrected chi connectivity index (χ2v) is 5.10. The number of thiazole rings is 1. The van der Waals surface area contributed by atoms with Gasteiger partial charge in [0.15, 0.2) is 5.13 Å². The molecule has 1 aromatic heterocycles. The third-order valence-electron chi connectivity index (χ3n) is 1.50. The molecule has 0 unspecified atom stereocenters. The first-order valence-corrected chi connectivity index (χ1v) is 5.61. The van der Waals surface area contributed by atoms with Crippen LogP contribution < -0.4 is 5.32 Å². The summed E-state index contributed by atoms with van der Waals surface area (Å²) in [6.07, 6.45) is 0. The smallest absolute Gasteiger partial charge is 0.252 e. The zero-order valence-corrected chi connectivity index (χ0v) is 10.3. The van der Waals surface area contributed by atoms with Crippen molar-refractivity contribution in [1.29, 1.82) is 0 Å². The van der Waals surface area contributed by atoms with Crippen molar-refractivity contribution < 1.29 is 9.53 Å². The fourth-order valence-electron chi connectivity index (χ4n) is 0.849. The number of carbonyl (C=O) groups is 1. The van der Waals surface area contributed by atoms with E-state index in [9.17, 15) is 4.79 Å². The first-order valence-electron chi connectivity index (χ1n) is 4.73. The predicted molar refractivity (Wildman–Crippen MR) is 61.2 cm³/mol. The van der Waals surface area contributed by atoms with E-state index in [4.69, 9.17) is 4.74 Å². The molecule has 1 heterocycles. The van der Waals surface area contributed by atoms with Gasteiger partial charge in [-0.2, -0.15) is 0 Å². The third-order valence-corrected chi connectivity index (χ3v) is 2.38. The van der Waals surface area contributed by atoms with Crippen LogP contribution in [-0.4, -0.2) is 23.1 Å². The van der Waals surface area contributed by atoms with Crippen molar-refractivity contribution in [3.05, 3.63) is 11.1 Å². The van der Waals surface area contributed by atoms with Gasteiger partial charge in [0, 0.05) is 5.38 Å². The van der Waals surface area contributed by atoms with Crippen molar-refractivity contribution in [3.63, 3.8) is 0 Å². The summed E-state index contributed by atoms with van der Waals surface area (Å²) in [7, 11) is 0. The largest absolute Gasteiger partial charge is 0.366 e. The lowest BCUT2D eigenvalue weighted by atomic mass is 10.2. The molecule has 0 aliphatic rings. The highest BCUT2D eigenvalue weighted by Gasteiger charge is 2.13. The SMILES string of the molecule is Cc1csc(NC(=O)COC(C)(C)C)n1. The molecule has 15 heavy (non-hydrogen) atoms. The number of hydrogen-bond donors (Lipinski definition) is 1. The molecule has 1 aromatic rings. The summed E-state index contributed by atoms with van der Waals surface area (Å²) in [5, 5.41) is 5.19. The number of amides is 1. The van der Waals surface area contributed by atoms with Crippen molar-refractivity contribution in [2.24, 2.45) is 0 Å². The van der Waals surface area contributed by atoms with Crippen molar-refractivity contribution >= 4 is 22.4 Å². The molecule has 1 rings (SSSR count). The van der Waals surface area contributed by atoms with E-state index < -0.39 is 0 Å².